The number of carbonyl (C=O) groups is 3. The van der Waals surface area contributed by atoms with Crippen LogP contribution in [0.15, 0.2) is 42.5 Å². The minimum Gasteiger partial charge on any atom is -0.324 e. The number of hydrogen-bond donors (Lipinski definition) is 1. The lowest BCUT2D eigenvalue weighted by Crippen LogP contribution is -2.54. The van der Waals surface area contributed by atoms with Crippen LogP contribution < -0.4 is 10.2 Å². The Morgan fingerprint density at radius 3 is 2.60 bits per heavy atom. The van der Waals surface area contributed by atoms with E-state index < -0.39 is 29.1 Å². The molecule has 4 atom stereocenters. The Morgan fingerprint density at radius 2 is 1.83 bits per heavy atom. The summed E-state index contributed by atoms with van der Waals surface area (Å²) in [4.78, 5) is 43.8. The van der Waals surface area contributed by atoms with E-state index in [2.05, 4.69) is 5.32 Å². The van der Waals surface area contributed by atoms with E-state index in [1.54, 1.807) is 18.2 Å². The molecule has 30 heavy (non-hydrogen) atoms. The maximum atomic E-state index is 13.7. The Kier molecular flexibility index (Phi) is 3.54. The van der Waals surface area contributed by atoms with Crippen molar-refractivity contribution in [2.45, 2.75) is 24.4 Å². The lowest BCUT2D eigenvalue weighted by atomic mass is 9.75. The molecule has 4 heterocycles. The monoisotopic (exact) mass is 425 g/mol. The number of nitrogens with one attached hydrogen (secondary N) is 1. The third kappa shape index (κ3) is 1.99. The van der Waals surface area contributed by atoms with Gasteiger partial charge >= 0.3 is 0 Å². The zero-order valence-electron chi connectivity index (χ0n) is 15.8. The number of anilines is 2. The molecule has 4 aliphatic heterocycles. The number of rotatable bonds is 1. The Morgan fingerprint density at radius 1 is 1.07 bits per heavy atom. The second kappa shape index (κ2) is 5.89. The van der Waals surface area contributed by atoms with Crippen LogP contribution in [0.1, 0.15) is 18.4 Å². The summed E-state index contributed by atoms with van der Waals surface area (Å²) in [6.45, 7) is 0.633. The standard InChI is InChI=1S/C22H17ClFN3O3/c23-11-3-8-15-14(10-11)22(21(30)25-15)18-17(16-2-1-9-26(16)22)19(28)27(20(18)29)13-6-4-12(24)5-7-13/h3-8,10,16-18H,1-2,9H2,(H,25,30)/t16-,17-,18+,22-/m1/s1. The van der Waals surface area contributed by atoms with Gasteiger partial charge in [0.1, 0.15) is 11.4 Å². The number of amides is 3. The molecule has 0 bridgehead atoms. The van der Waals surface area contributed by atoms with Gasteiger partial charge in [-0.25, -0.2) is 9.29 Å². The van der Waals surface area contributed by atoms with Crippen molar-refractivity contribution in [2.75, 3.05) is 16.8 Å². The van der Waals surface area contributed by atoms with Gasteiger partial charge in [0.15, 0.2) is 0 Å². The third-order valence-corrected chi connectivity index (χ3v) is 7.27. The van der Waals surface area contributed by atoms with Gasteiger partial charge in [0.05, 0.1) is 17.5 Å². The first kappa shape index (κ1) is 18.0. The smallest absolute Gasteiger partial charge is 0.250 e. The summed E-state index contributed by atoms with van der Waals surface area (Å²) in [7, 11) is 0. The lowest BCUT2D eigenvalue weighted by molar-refractivity contribution is -0.135. The van der Waals surface area contributed by atoms with Crippen LogP contribution in [-0.2, 0) is 19.9 Å². The maximum Gasteiger partial charge on any atom is 0.250 e. The van der Waals surface area contributed by atoms with Gasteiger partial charge in [-0.2, -0.15) is 0 Å². The highest BCUT2D eigenvalue weighted by molar-refractivity contribution is 6.31. The number of benzene rings is 2. The van der Waals surface area contributed by atoms with Crippen molar-refractivity contribution in [3.8, 4) is 0 Å². The zero-order chi connectivity index (χ0) is 20.8. The fraction of sp³-hybridized carbons (Fsp3) is 0.318. The number of halogens is 2. The molecule has 1 N–H and O–H groups in total. The van der Waals surface area contributed by atoms with Gasteiger partial charge in [-0.15, -0.1) is 0 Å². The van der Waals surface area contributed by atoms with E-state index in [4.69, 9.17) is 11.6 Å². The second-order valence-corrected chi connectivity index (χ2v) is 8.74. The van der Waals surface area contributed by atoms with E-state index in [9.17, 15) is 18.8 Å². The predicted octanol–water partition coefficient (Wildman–Crippen LogP) is 2.91. The molecule has 0 aromatic heterocycles. The summed E-state index contributed by atoms with van der Waals surface area (Å²) in [5.74, 6) is -2.96. The lowest BCUT2D eigenvalue weighted by Gasteiger charge is -2.36. The van der Waals surface area contributed by atoms with Crippen molar-refractivity contribution in [3.05, 3.63) is 58.9 Å². The Bertz CT molecular complexity index is 1140. The van der Waals surface area contributed by atoms with Crippen LogP contribution in [0.25, 0.3) is 0 Å². The molecular weight excluding hydrogens is 409 g/mol. The normalized spacial score (nSPS) is 32.0. The minimum absolute atomic E-state index is 0.201. The highest BCUT2D eigenvalue weighted by Crippen LogP contribution is 2.60. The van der Waals surface area contributed by atoms with Crippen molar-refractivity contribution < 1.29 is 18.8 Å². The van der Waals surface area contributed by atoms with E-state index in [0.29, 0.717) is 28.5 Å². The molecule has 0 unspecified atom stereocenters. The Labute approximate surface area is 176 Å². The van der Waals surface area contributed by atoms with Crippen LogP contribution in [0.3, 0.4) is 0 Å². The average molecular weight is 426 g/mol. The predicted molar refractivity (Wildman–Crippen MR) is 107 cm³/mol. The van der Waals surface area contributed by atoms with Gasteiger partial charge in [-0.1, -0.05) is 11.6 Å². The van der Waals surface area contributed by atoms with E-state index in [0.717, 1.165) is 17.7 Å². The van der Waals surface area contributed by atoms with Gasteiger partial charge in [0.25, 0.3) is 0 Å². The minimum atomic E-state index is -1.26. The van der Waals surface area contributed by atoms with Gasteiger partial charge in [0, 0.05) is 22.3 Å². The van der Waals surface area contributed by atoms with Crippen molar-refractivity contribution in [1.29, 1.82) is 0 Å². The molecule has 6 nitrogen and oxygen atoms in total. The number of imide groups is 1. The molecule has 2 aromatic carbocycles. The summed E-state index contributed by atoms with van der Waals surface area (Å²) >= 11 is 6.27. The molecule has 0 radical (unpaired) electrons. The van der Waals surface area contributed by atoms with Crippen molar-refractivity contribution >= 4 is 40.7 Å². The Balaban J connectivity index is 1.56. The number of fused-ring (bicyclic) bond motifs is 7. The quantitative estimate of drug-likeness (QED) is 0.713. The van der Waals surface area contributed by atoms with Crippen LogP contribution in [0.5, 0.6) is 0 Å². The molecule has 3 fully saturated rings. The second-order valence-electron chi connectivity index (χ2n) is 8.31. The van der Waals surface area contributed by atoms with E-state index in [1.165, 1.54) is 24.3 Å². The number of hydrogen-bond acceptors (Lipinski definition) is 4. The van der Waals surface area contributed by atoms with Crippen LogP contribution in [0.4, 0.5) is 15.8 Å². The van der Waals surface area contributed by atoms with Crippen LogP contribution in [0.2, 0.25) is 5.02 Å². The van der Waals surface area contributed by atoms with E-state index in [-0.39, 0.29) is 17.9 Å². The highest BCUT2D eigenvalue weighted by atomic mass is 35.5. The molecule has 0 saturated carbocycles. The SMILES string of the molecule is O=C1[C@@H]2[C@H]3CCCN3[C@@]3(C(=O)Nc4ccc(Cl)cc43)[C@@H]2C(=O)N1c1ccc(F)cc1. The molecule has 4 aliphatic rings. The molecule has 1 spiro atoms. The summed E-state index contributed by atoms with van der Waals surface area (Å²) in [6, 6.07) is 10.2. The van der Waals surface area contributed by atoms with Gasteiger partial charge < -0.3 is 5.32 Å². The first-order chi connectivity index (χ1) is 14.4. The first-order valence-electron chi connectivity index (χ1n) is 9.96. The van der Waals surface area contributed by atoms with Crippen molar-refractivity contribution in [2.24, 2.45) is 11.8 Å². The molecule has 3 saturated heterocycles. The summed E-state index contributed by atoms with van der Waals surface area (Å²) in [5.41, 5.74) is 0.344. The van der Waals surface area contributed by atoms with Gasteiger partial charge in [-0.3, -0.25) is 19.3 Å². The number of carbonyl (C=O) groups excluding carboxylic acids is 3. The topological polar surface area (TPSA) is 69.7 Å². The fourth-order valence-electron chi connectivity index (χ4n) is 6.02. The molecule has 3 amide bonds. The van der Waals surface area contributed by atoms with Crippen molar-refractivity contribution in [3.63, 3.8) is 0 Å². The molecule has 0 aliphatic carbocycles. The number of nitrogens with zero attached hydrogens (tertiary/aromatic N) is 2. The summed E-state index contributed by atoms with van der Waals surface area (Å²) in [6.07, 6.45) is 1.58. The van der Waals surface area contributed by atoms with Crippen LogP contribution >= 0.6 is 11.6 Å². The van der Waals surface area contributed by atoms with Crippen LogP contribution in [0, 0.1) is 17.7 Å². The summed E-state index contributed by atoms with van der Waals surface area (Å²) < 4.78 is 13.4. The van der Waals surface area contributed by atoms with Gasteiger partial charge in [-0.05, 0) is 61.9 Å². The van der Waals surface area contributed by atoms with E-state index in [1.807, 2.05) is 4.90 Å². The van der Waals surface area contributed by atoms with Crippen molar-refractivity contribution in [1.82, 2.24) is 4.90 Å². The molecule has 152 valence electrons. The summed E-state index contributed by atoms with van der Waals surface area (Å²) in [5, 5.41) is 3.38. The van der Waals surface area contributed by atoms with Gasteiger partial charge in [0.2, 0.25) is 17.7 Å². The van der Waals surface area contributed by atoms with E-state index >= 15 is 0 Å². The molecule has 6 rings (SSSR count). The third-order valence-electron chi connectivity index (χ3n) is 7.04. The highest BCUT2D eigenvalue weighted by Gasteiger charge is 2.74. The average Bonchev–Trinajstić information content (AvgIpc) is 3.42. The largest absolute Gasteiger partial charge is 0.324 e. The fourth-order valence-corrected chi connectivity index (χ4v) is 6.19. The van der Waals surface area contributed by atoms with Crippen LogP contribution in [-0.4, -0.2) is 35.2 Å². The Hall–Kier alpha value is -2.77. The maximum absolute atomic E-state index is 13.7. The molecule has 8 heteroatoms. The molecule has 2 aromatic rings. The zero-order valence-corrected chi connectivity index (χ0v) is 16.5. The molecular formula is C22H17ClFN3O3. The first-order valence-corrected chi connectivity index (χ1v) is 10.3.